The number of carboxylic acids is 2. The number of carbonyl (C=O) groups excluding carboxylic acids is 2. The van der Waals surface area contributed by atoms with E-state index in [0.29, 0.717) is 0 Å². The Morgan fingerprint density at radius 1 is 0.667 bits per heavy atom. The Labute approximate surface area is 167 Å². The summed E-state index contributed by atoms with van der Waals surface area (Å²) in [4.78, 5) is 18.9. The fraction of sp³-hybridized carbons (Fsp3) is 0.667. The minimum Gasteiger partial charge on any atom is -0.545 e. The molecule has 0 aromatic rings. The van der Waals surface area contributed by atoms with Crippen molar-refractivity contribution in [3.05, 3.63) is 0 Å². The first-order chi connectivity index (χ1) is 8.39. The molecule has 2 unspecified atom stereocenters. The minimum atomic E-state index is -5.42. The number of halogens is 10. The van der Waals surface area contributed by atoms with Crippen LogP contribution < -0.4 is 10.2 Å². The Bertz CT molecular complexity index is 344. The third-order valence-corrected chi connectivity index (χ3v) is 3.33. The van der Waals surface area contributed by atoms with Crippen LogP contribution in [0.1, 0.15) is 0 Å². The number of carbonyl (C=O) groups is 2. The first kappa shape index (κ1) is 27.0. The molecule has 0 aromatic carbocycles. The summed E-state index contributed by atoms with van der Waals surface area (Å²) >= 11 is 0.237. The molecule has 120 valence electrons. The van der Waals surface area contributed by atoms with Crippen molar-refractivity contribution in [1.29, 1.82) is 0 Å². The molecule has 0 aliphatic rings. The molecular formula is C6CaF8I2O4. The van der Waals surface area contributed by atoms with E-state index >= 15 is 0 Å². The zero-order valence-corrected chi connectivity index (χ0v) is 15.6. The van der Waals surface area contributed by atoms with Gasteiger partial charge in [-0.05, 0) is 45.2 Å². The number of aliphatic carboxylic acids is 2. The van der Waals surface area contributed by atoms with Crippen LogP contribution in [0.15, 0.2) is 0 Å². The fourth-order valence-electron chi connectivity index (χ4n) is 0.231. The molecule has 0 N–H and O–H groups in total. The van der Waals surface area contributed by atoms with Crippen molar-refractivity contribution in [3.63, 3.8) is 0 Å². The Hall–Kier alpha value is 1.10. The van der Waals surface area contributed by atoms with Gasteiger partial charge >= 0.3 is 50.1 Å². The summed E-state index contributed by atoms with van der Waals surface area (Å²) in [6.45, 7) is 0. The van der Waals surface area contributed by atoms with Crippen LogP contribution in [-0.4, -0.2) is 69.4 Å². The van der Waals surface area contributed by atoms with Crippen molar-refractivity contribution in [2.75, 3.05) is 0 Å². The van der Waals surface area contributed by atoms with Crippen molar-refractivity contribution in [2.45, 2.75) is 19.7 Å². The largest absolute Gasteiger partial charge is 2.00 e. The smallest absolute Gasteiger partial charge is 0.545 e. The van der Waals surface area contributed by atoms with Crippen LogP contribution in [0.2, 0.25) is 0 Å². The number of alkyl halides is 10. The van der Waals surface area contributed by atoms with Gasteiger partial charge in [0.25, 0.3) is 7.35 Å². The van der Waals surface area contributed by atoms with Gasteiger partial charge in [-0.15, -0.1) is 0 Å². The molecule has 0 saturated carbocycles. The van der Waals surface area contributed by atoms with Crippen LogP contribution in [0.5, 0.6) is 0 Å². The Kier molecular flexibility index (Phi) is 11.3. The molecule has 15 heteroatoms. The van der Waals surface area contributed by atoms with Crippen LogP contribution in [-0.2, 0) is 9.59 Å². The maximum absolute atomic E-state index is 11.9. The van der Waals surface area contributed by atoms with Crippen LogP contribution in [0.3, 0.4) is 0 Å². The molecule has 0 aliphatic carbocycles. The van der Waals surface area contributed by atoms with Crippen molar-refractivity contribution < 1.29 is 54.9 Å². The molecule has 0 fully saturated rings. The zero-order chi connectivity index (χ0) is 17.2. The van der Waals surface area contributed by atoms with E-state index in [2.05, 4.69) is 0 Å². The fourth-order valence-corrected chi connectivity index (χ4v) is 0.231. The molecule has 21 heavy (non-hydrogen) atoms. The predicted molar refractivity (Wildman–Crippen MR) is 63.6 cm³/mol. The molecule has 0 rings (SSSR count). The topological polar surface area (TPSA) is 80.3 Å². The van der Waals surface area contributed by atoms with E-state index in [0.717, 1.165) is 0 Å². The Morgan fingerprint density at radius 2 is 0.810 bits per heavy atom. The number of hydrogen-bond acceptors (Lipinski definition) is 4. The van der Waals surface area contributed by atoms with Gasteiger partial charge in [-0.25, -0.2) is 8.78 Å². The van der Waals surface area contributed by atoms with Gasteiger partial charge in [-0.1, -0.05) is 0 Å². The molecule has 0 amide bonds. The molecular weight excluding hydrogens is 582 g/mol. The van der Waals surface area contributed by atoms with Gasteiger partial charge in [-0.3, -0.25) is 0 Å². The molecule has 4 nitrogen and oxygen atoms in total. The van der Waals surface area contributed by atoms with Crippen LogP contribution >= 0.6 is 45.2 Å². The normalized spacial score (nSPS) is 17.2. The van der Waals surface area contributed by atoms with Gasteiger partial charge in [0.15, 0.2) is 0 Å². The molecule has 0 saturated heterocycles. The minimum absolute atomic E-state index is 0. The van der Waals surface area contributed by atoms with Gasteiger partial charge in [0.2, 0.25) is 0 Å². The van der Waals surface area contributed by atoms with Gasteiger partial charge in [0.1, 0.15) is 0 Å². The van der Waals surface area contributed by atoms with E-state index in [1.807, 2.05) is 0 Å². The second-order valence-corrected chi connectivity index (χ2v) is 5.69. The van der Waals surface area contributed by atoms with Crippen LogP contribution in [0.4, 0.5) is 35.1 Å². The summed E-state index contributed by atoms with van der Waals surface area (Å²) in [5.74, 6) is -5.58. The average molecular weight is 582 g/mol. The SMILES string of the molecule is O=C([O-])C(F)(I)C(F)(F)F.O=C([O-])C(F)(I)C(F)(F)F.[Ca+2]. The maximum Gasteiger partial charge on any atom is 2.00 e. The molecule has 0 heterocycles. The maximum atomic E-state index is 11.9. The summed E-state index contributed by atoms with van der Waals surface area (Å²) in [6, 6.07) is 0. The summed E-state index contributed by atoms with van der Waals surface area (Å²) in [5, 5.41) is 18.9. The van der Waals surface area contributed by atoms with E-state index in [1.54, 1.807) is 0 Å². The number of hydrogen-bond donors (Lipinski definition) is 0. The van der Waals surface area contributed by atoms with Crippen LogP contribution in [0.25, 0.3) is 0 Å². The quantitative estimate of drug-likeness (QED) is 0.205. The average Bonchev–Trinajstić information content (AvgIpc) is 2.14. The third-order valence-electron chi connectivity index (χ3n) is 1.22. The zero-order valence-electron chi connectivity index (χ0n) is 9.12. The number of carboxylic acid groups (broad SMARTS) is 2. The van der Waals surface area contributed by atoms with Gasteiger partial charge in [0.05, 0.1) is 11.9 Å². The van der Waals surface area contributed by atoms with E-state index < -0.39 is 31.6 Å². The van der Waals surface area contributed by atoms with E-state index in [1.165, 1.54) is 0 Å². The second kappa shape index (κ2) is 8.81. The standard InChI is InChI=1S/2C3HF4IO2.Ca/c2*4-2(8,1(9)10)3(5,6)7;/h2*(H,9,10);/q;;+2/p-2. The Morgan fingerprint density at radius 3 is 0.810 bits per heavy atom. The van der Waals surface area contributed by atoms with Gasteiger partial charge in [0, 0.05) is 0 Å². The van der Waals surface area contributed by atoms with Gasteiger partial charge < -0.3 is 19.8 Å². The van der Waals surface area contributed by atoms with Crippen LogP contribution in [0, 0.1) is 0 Å². The molecule has 0 aromatic heterocycles. The first-order valence-corrected chi connectivity index (χ1v) is 5.86. The van der Waals surface area contributed by atoms with Gasteiger partial charge in [-0.2, -0.15) is 26.3 Å². The predicted octanol–water partition coefficient (Wildman–Crippen LogP) is 0.418. The van der Waals surface area contributed by atoms with Crippen molar-refractivity contribution in [1.82, 2.24) is 0 Å². The summed E-state index contributed by atoms with van der Waals surface area (Å²) in [7, 11) is 0. The molecule has 0 bridgehead atoms. The van der Waals surface area contributed by atoms with Crippen molar-refractivity contribution >= 4 is 94.9 Å². The van der Waals surface area contributed by atoms with E-state index in [9.17, 15) is 54.9 Å². The number of rotatable bonds is 2. The van der Waals surface area contributed by atoms with E-state index in [-0.39, 0.29) is 82.9 Å². The third kappa shape index (κ3) is 7.96. The summed E-state index contributed by atoms with van der Waals surface area (Å²) < 4.78 is 83.0. The second-order valence-electron chi connectivity index (χ2n) is 2.72. The Balaban J connectivity index is -0.000000295. The summed E-state index contributed by atoms with van der Waals surface area (Å²) in [5.41, 5.74) is 0. The first-order valence-electron chi connectivity index (χ1n) is 3.71. The molecule has 0 aliphatic heterocycles. The van der Waals surface area contributed by atoms with E-state index in [4.69, 9.17) is 0 Å². The van der Waals surface area contributed by atoms with Crippen molar-refractivity contribution in [3.8, 4) is 0 Å². The molecule has 2 atom stereocenters. The van der Waals surface area contributed by atoms with Crippen molar-refractivity contribution in [2.24, 2.45) is 0 Å². The summed E-state index contributed by atoms with van der Waals surface area (Å²) in [6.07, 6.45) is -10.8. The molecule has 0 spiro atoms. The molecule has 0 radical (unpaired) electrons. The monoisotopic (exact) mass is 582 g/mol.